The molecule has 1 heterocycles. The number of rotatable bonds is 2. The minimum Gasteiger partial charge on any atom is -0.391 e. The van der Waals surface area contributed by atoms with E-state index in [1.165, 1.54) is 0 Å². The number of anilines is 1. The number of aryl methyl sites for hydroxylation is 1. The molecule has 1 aliphatic rings. The second kappa shape index (κ2) is 3.30. The molecule has 0 aliphatic heterocycles. The van der Waals surface area contributed by atoms with E-state index in [0.29, 0.717) is 0 Å². The van der Waals surface area contributed by atoms with E-state index in [1.807, 2.05) is 6.92 Å². The summed E-state index contributed by atoms with van der Waals surface area (Å²) in [5.74, 6) is 0.784. The Morgan fingerprint density at radius 2 is 2.15 bits per heavy atom. The molecule has 0 radical (unpaired) electrons. The molecule has 1 saturated carbocycles. The second-order valence-electron chi connectivity index (χ2n) is 3.39. The highest BCUT2D eigenvalue weighted by molar-refractivity contribution is 5.40. The van der Waals surface area contributed by atoms with Gasteiger partial charge in [-0.25, -0.2) is 4.98 Å². The number of hydrogen-bond acceptors (Lipinski definition) is 4. The molecule has 0 bridgehead atoms. The molecule has 0 spiro atoms. The molecule has 70 valence electrons. The Kier molecular flexibility index (Phi) is 2.14. The Balaban J connectivity index is 2.05. The third-order valence-electron chi connectivity index (χ3n) is 2.44. The first-order valence-electron chi connectivity index (χ1n) is 4.49. The van der Waals surface area contributed by atoms with Crippen molar-refractivity contribution in [2.75, 3.05) is 5.32 Å². The van der Waals surface area contributed by atoms with E-state index in [0.717, 1.165) is 24.4 Å². The molecule has 2 atom stereocenters. The third-order valence-corrected chi connectivity index (χ3v) is 2.44. The van der Waals surface area contributed by atoms with E-state index in [4.69, 9.17) is 0 Å². The summed E-state index contributed by atoms with van der Waals surface area (Å²) >= 11 is 0. The van der Waals surface area contributed by atoms with Crippen LogP contribution in [0.15, 0.2) is 12.4 Å². The van der Waals surface area contributed by atoms with E-state index < -0.39 is 0 Å². The van der Waals surface area contributed by atoms with Crippen LogP contribution in [-0.4, -0.2) is 27.2 Å². The van der Waals surface area contributed by atoms with Gasteiger partial charge in [0.2, 0.25) is 0 Å². The van der Waals surface area contributed by atoms with Gasteiger partial charge in [0.15, 0.2) is 0 Å². The Morgan fingerprint density at radius 3 is 2.69 bits per heavy atom. The summed E-state index contributed by atoms with van der Waals surface area (Å²) in [5, 5.41) is 12.5. The lowest BCUT2D eigenvalue weighted by atomic mass is 9.89. The highest BCUT2D eigenvalue weighted by Crippen LogP contribution is 2.23. The molecule has 1 fully saturated rings. The van der Waals surface area contributed by atoms with Gasteiger partial charge >= 0.3 is 0 Å². The monoisotopic (exact) mass is 179 g/mol. The average Bonchev–Trinajstić information content (AvgIpc) is 2.14. The van der Waals surface area contributed by atoms with Crippen LogP contribution < -0.4 is 5.32 Å². The lowest BCUT2D eigenvalue weighted by molar-refractivity contribution is 0.0784. The van der Waals surface area contributed by atoms with E-state index in [-0.39, 0.29) is 12.1 Å². The van der Waals surface area contributed by atoms with Gasteiger partial charge < -0.3 is 10.4 Å². The van der Waals surface area contributed by atoms with Crippen molar-refractivity contribution in [3.63, 3.8) is 0 Å². The van der Waals surface area contributed by atoms with Crippen molar-refractivity contribution in [3.8, 4) is 0 Å². The van der Waals surface area contributed by atoms with Crippen LogP contribution in [0.3, 0.4) is 0 Å². The van der Waals surface area contributed by atoms with Gasteiger partial charge in [-0.05, 0) is 19.8 Å². The molecule has 1 aromatic heterocycles. The zero-order chi connectivity index (χ0) is 9.26. The number of aliphatic hydroxyl groups excluding tert-OH is 1. The Bertz CT molecular complexity index is 303. The summed E-state index contributed by atoms with van der Waals surface area (Å²) in [7, 11) is 0. The van der Waals surface area contributed by atoms with Crippen LogP contribution in [0.1, 0.15) is 18.5 Å². The zero-order valence-electron chi connectivity index (χ0n) is 7.57. The molecule has 2 rings (SSSR count). The van der Waals surface area contributed by atoms with Gasteiger partial charge in [0.25, 0.3) is 0 Å². The molecule has 1 aromatic rings. The topological polar surface area (TPSA) is 58.0 Å². The fourth-order valence-electron chi connectivity index (χ4n) is 1.38. The molecule has 1 aliphatic carbocycles. The van der Waals surface area contributed by atoms with Gasteiger partial charge in [-0.15, -0.1) is 0 Å². The van der Waals surface area contributed by atoms with E-state index >= 15 is 0 Å². The number of hydrogen-bond donors (Lipinski definition) is 2. The highest BCUT2D eigenvalue weighted by atomic mass is 16.3. The molecular formula is C9H13N3O. The van der Waals surface area contributed by atoms with Gasteiger partial charge in [-0.3, -0.25) is 4.98 Å². The quantitative estimate of drug-likeness (QED) is 0.702. The number of aromatic nitrogens is 2. The number of nitrogens with zero attached hydrogens (tertiary/aromatic N) is 2. The van der Waals surface area contributed by atoms with Gasteiger partial charge in [0.05, 0.1) is 17.8 Å². The van der Waals surface area contributed by atoms with Crippen molar-refractivity contribution in [1.82, 2.24) is 9.97 Å². The maximum absolute atomic E-state index is 9.35. The van der Waals surface area contributed by atoms with Gasteiger partial charge in [-0.1, -0.05) is 0 Å². The predicted molar refractivity (Wildman–Crippen MR) is 49.4 cm³/mol. The summed E-state index contributed by atoms with van der Waals surface area (Å²) < 4.78 is 0. The normalized spacial score (nSPS) is 26.6. The Morgan fingerprint density at radius 1 is 1.38 bits per heavy atom. The van der Waals surface area contributed by atoms with Crippen molar-refractivity contribution in [2.24, 2.45) is 0 Å². The minimum absolute atomic E-state index is 0.162. The maximum atomic E-state index is 9.35. The zero-order valence-corrected chi connectivity index (χ0v) is 7.57. The summed E-state index contributed by atoms with van der Waals surface area (Å²) in [5.41, 5.74) is 0.876. The highest BCUT2D eigenvalue weighted by Gasteiger charge is 2.29. The van der Waals surface area contributed by atoms with Crippen LogP contribution in [0.5, 0.6) is 0 Å². The summed E-state index contributed by atoms with van der Waals surface area (Å²) in [6, 6.07) is 0.162. The van der Waals surface area contributed by atoms with Crippen molar-refractivity contribution in [2.45, 2.75) is 31.9 Å². The predicted octanol–water partition coefficient (Wildman–Crippen LogP) is 0.720. The van der Waals surface area contributed by atoms with Gasteiger partial charge in [0, 0.05) is 12.4 Å². The van der Waals surface area contributed by atoms with Gasteiger partial charge in [0.1, 0.15) is 5.82 Å². The van der Waals surface area contributed by atoms with Crippen LogP contribution in [0.4, 0.5) is 5.82 Å². The van der Waals surface area contributed by atoms with E-state index in [1.54, 1.807) is 12.4 Å². The molecule has 4 heteroatoms. The molecule has 13 heavy (non-hydrogen) atoms. The third kappa shape index (κ3) is 1.62. The van der Waals surface area contributed by atoms with Crippen LogP contribution >= 0.6 is 0 Å². The molecule has 0 aromatic carbocycles. The van der Waals surface area contributed by atoms with E-state index in [9.17, 15) is 5.11 Å². The smallest absolute Gasteiger partial charge is 0.147 e. The van der Waals surface area contributed by atoms with Crippen LogP contribution in [0.25, 0.3) is 0 Å². The fraction of sp³-hybridized carbons (Fsp3) is 0.556. The van der Waals surface area contributed by atoms with Crippen LogP contribution in [0.2, 0.25) is 0 Å². The van der Waals surface area contributed by atoms with Gasteiger partial charge in [-0.2, -0.15) is 0 Å². The Hall–Kier alpha value is -1.16. The van der Waals surface area contributed by atoms with E-state index in [2.05, 4.69) is 15.3 Å². The molecule has 2 unspecified atom stereocenters. The fourth-order valence-corrected chi connectivity index (χ4v) is 1.38. The van der Waals surface area contributed by atoms with Crippen molar-refractivity contribution >= 4 is 5.82 Å². The second-order valence-corrected chi connectivity index (χ2v) is 3.39. The summed E-state index contributed by atoms with van der Waals surface area (Å²) in [4.78, 5) is 8.26. The lowest BCUT2D eigenvalue weighted by Crippen LogP contribution is -2.43. The summed E-state index contributed by atoms with van der Waals surface area (Å²) in [6.07, 6.45) is 4.99. The minimum atomic E-state index is -0.221. The largest absolute Gasteiger partial charge is 0.391 e. The first-order valence-corrected chi connectivity index (χ1v) is 4.49. The molecule has 0 saturated heterocycles. The van der Waals surface area contributed by atoms with Crippen LogP contribution in [-0.2, 0) is 0 Å². The first-order chi connectivity index (χ1) is 6.27. The number of nitrogens with one attached hydrogen (secondary N) is 1. The van der Waals surface area contributed by atoms with Crippen LogP contribution in [0, 0.1) is 6.92 Å². The lowest BCUT2D eigenvalue weighted by Gasteiger charge is -2.33. The SMILES string of the molecule is Cc1nccnc1NC1CCC1O. The van der Waals surface area contributed by atoms with Crippen molar-refractivity contribution in [3.05, 3.63) is 18.1 Å². The molecule has 2 N–H and O–H groups in total. The van der Waals surface area contributed by atoms with Crippen molar-refractivity contribution in [1.29, 1.82) is 0 Å². The van der Waals surface area contributed by atoms with Crippen molar-refractivity contribution < 1.29 is 5.11 Å². The molecule has 4 nitrogen and oxygen atoms in total. The number of aliphatic hydroxyl groups is 1. The molecule has 0 amide bonds. The summed E-state index contributed by atoms with van der Waals surface area (Å²) in [6.45, 7) is 1.90. The molecular weight excluding hydrogens is 166 g/mol. The first kappa shape index (κ1) is 8.44. The standard InChI is InChI=1S/C9H13N3O/c1-6-9(11-5-4-10-6)12-7-2-3-8(7)13/h4-5,7-8,13H,2-3H2,1H3,(H,11,12). The Labute approximate surface area is 77.0 Å². The maximum Gasteiger partial charge on any atom is 0.147 e. The average molecular weight is 179 g/mol.